The number of hydrogen-bond donors (Lipinski definition) is 2. The Balaban J connectivity index is 2.40. The summed E-state index contributed by atoms with van der Waals surface area (Å²) in [5.41, 5.74) is 1.08. The van der Waals surface area contributed by atoms with E-state index < -0.39 is 10.0 Å². The van der Waals surface area contributed by atoms with E-state index in [-0.39, 0.29) is 17.5 Å². The average molecular weight is 290 g/mol. The first-order valence-electron chi connectivity index (χ1n) is 5.77. The smallest absolute Gasteiger partial charge is 0.241 e. The number of hydrogen-bond acceptors (Lipinski definition) is 3. The topological polar surface area (TPSA) is 66.4 Å². The van der Waals surface area contributed by atoms with Gasteiger partial charge in [-0.2, -0.15) is 0 Å². The van der Waals surface area contributed by atoms with Crippen LogP contribution in [0, 0.1) is 12.8 Å². The molecule has 0 radical (unpaired) electrons. The third kappa shape index (κ3) is 2.69. The van der Waals surface area contributed by atoms with Gasteiger partial charge in [0, 0.05) is 11.1 Å². The number of halogens is 1. The third-order valence-corrected chi connectivity index (χ3v) is 5.14. The first-order chi connectivity index (χ1) is 8.35. The predicted molar refractivity (Wildman–Crippen MR) is 70.0 cm³/mol. The van der Waals surface area contributed by atoms with Crippen molar-refractivity contribution >= 4 is 21.6 Å². The molecule has 2 rings (SSSR count). The summed E-state index contributed by atoms with van der Waals surface area (Å²) in [6, 6.07) is 3.02. The normalized spacial score (nSPS) is 23.1. The molecule has 4 nitrogen and oxygen atoms in total. The van der Waals surface area contributed by atoms with Crippen molar-refractivity contribution in [2.75, 3.05) is 0 Å². The molecule has 1 fully saturated rings. The Labute approximate surface area is 112 Å². The molecule has 0 bridgehead atoms. The van der Waals surface area contributed by atoms with E-state index in [2.05, 4.69) is 4.72 Å². The molecule has 1 aromatic rings. The highest BCUT2D eigenvalue weighted by atomic mass is 35.5. The molecule has 2 N–H and O–H groups in total. The number of rotatable bonds is 4. The number of aliphatic hydroxyl groups is 1. The molecule has 0 heterocycles. The Morgan fingerprint density at radius 3 is 2.61 bits per heavy atom. The zero-order valence-electron chi connectivity index (χ0n) is 10.3. The van der Waals surface area contributed by atoms with Gasteiger partial charge in [0.1, 0.15) is 0 Å². The maximum Gasteiger partial charge on any atom is 0.241 e. The van der Waals surface area contributed by atoms with Gasteiger partial charge in [-0.15, -0.1) is 0 Å². The van der Waals surface area contributed by atoms with Crippen LogP contribution in [0.2, 0.25) is 5.02 Å². The quantitative estimate of drug-likeness (QED) is 0.889. The van der Waals surface area contributed by atoms with Gasteiger partial charge in [-0.1, -0.05) is 18.5 Å². The van der Waals surface area contributed by atoms with Gasteiger partial charge < -0.3 is 5.11 Å². The van der Waals surface area contributed by atoms with E-state index in [0.717, 1.165) is 6.42 Å². The van der Waals surface area contributed by atoms with Crippen LogP contribution in [0.4, 0.5) is 0 Å². The van der Waals surface area contributed by atoms with Gasteiger partial charge in [-0.25, -0.2) is 13.1 Å². The van der Waals surface area contributed by atoms with Gasteiger partial charge in [-0.05, 0) is 42.5 Å². The minimum Gasteiger partial charge on any atom is -0.392 e. The summed E-state index contributed by atoms with van der Waals surface area (Å²) in [4.78, 5) is 0.151. The maximum absolute atomic E-state index is 12.2. The van der Waals surface area contributed by atoms with Gasteiger partial charge in [-0.3, -0.25) is 0 Å². The second kappa shape index (κ2) is 4.81. The Morgan fingerprint density at radius 1 is 1.50 bits per heavy atom. The summed E-state index contributed by atoms with van der Waals surface area (Å²) in [6.07, 6.45) is 0.867. The molecule has 6 heteroatoms. The van der Waals surface area contributed by atoms with Gasteiger partial charge in [0.2, 0.25) is 10.0 Å². The van der Waals surface area contributed by atoms with Crippen LogP contribution >= 0.6 is 11.6 Å². The lowest BCUT2D eigenvalue weighted by molar-refractivity contribution is 0.280. The minimum atomic E-state index is -3.56. The van der Waals surface area contributed by atoms with Gasteiger partial charge in [0.25, 0.3) is 0 Å². The molecule has 100 valence electrons. The number of sulfonamides is 1. The maximum atomic E-state index is 12.2. The average Bonchev–Trinajstić information content (AvgIpc) is 2.95. The SMILES string of the molecule is Cc1c(CO)cc(Cl)cc1S(=O)(=O)NC1CC1C. The molecular weight excluding hydrogens is 274 g/mol. The van der Waals surface area contributed by atoms with E-state index in [1.807, 2.05) is 6.92 Å². The molecule has 2 unspecified atom stereocenters. The molecule has 0 aromatic heterocycles. The minimum absolute atomic E-state index is 0.0194. The Kier molecular flexibility index (Phi) is 3.69. The summed E-state index contributed by atoms with van der Waals surface area (Å²) in [5.74, 6) is 0.386. The monoisotopic (exact) mass is 289 g/mol. The van der Waals surface area contributed by atoms with Crippen LogP contribution in [0.15, 0.2) is 17.0 Å². The molecule has 1 saturated carbocycles. The van der Waals surface area contributed by atoms with E-state index in [1.54, 1.807) is 13.0 Å². The van der Waals surface area contributed by atoms with E-state index >= 15 is 0 Å². The van der Waals surface area contributed by atoms with Gasteiger partial charge in [0.15, 0.2) is 0 Å². The molecule has 2 atom stereocenters. The predicted octanol–water partition coefficient (Wildman–Crippen LogP) is 1.83. The van der Waals surface area contributed by atoms with Crippen LogP contribution in [-0.2, 0) is 16.6 Å². The molecule has 1 aliphatic carbocycles. The van der Waals surface area contributed by atoms with Crippen molar-refractivity contribution < 1.29 is 13.5 Å². The third-order valence-electron chi connectivity index (χ3n) is 3.31. The van der Waals surface area contributed by atoms with E-state index in [9.17, 15) is 13.5 Å². The number of nitrogens with one attached hydrogen (secondary N) is 1. The van der Waals surface area contributed by atoms with Gasteiger partial charge >= 0.3 is 0 Å². The lowest BCUT2D eigenvalue weighted by atomic mass is 10.1. The van der Waals surface area contributed by atoms with Crippen molar-refractivity contribution in [1.82, 2.24) is 4.72 Å². The molecule has 0 spiro atoms. The van der Waals surface area contributed by atoms with Crippen molar-refractivity contribution in [1.29, 1.82) is 0 Å². The lowest BCUT2D eigenvalue weighted by Crippen LogP contribution is -2.27. The summed E-state index contributed by atoms with van der Waals surface area (Å²) in [7, 11) is -3.56. The standard InChI is InChI=1S/C12H16ClNO3S/c1-7-3-11(7)14-18(16,17)12-5-10(13)4-9(6-15)8(12)2/h4-5,7,11,14-15H,3,6H2,1-2H3. The molecular formula is C12H16ClNO3S. The fraction of sp³-hybridized carbons (Fsp3) is 0.500. The second-order valence-corrected chi connectivity index (χ2v) is 6.91. The largest absolute Gasteiger partial charge is 0.392 e. The van der Waals surface area contributed by atoms with Crippen LogP contribution in [0.25, 0.3) is 0 Å². The van der Waals surface area contributed by atoms with Crippen LogP contribution in [0.1, 0.15) is 24.5 Å². The van der Waals surface area contributed by atoms with Crippen molar-refractivity contribution in [2.24, 2.45) is 5.92 Å². The van der Waals surface area contributed by atoms with Crippen molar-refractivity contribution in [3.63, 3.8) is 0 Å². The van der Waals surface area contributed by atoms with Crippen LogP contribution in [0.5, 0.6) is 0 Å². The summed E-state index contributed by atoms with van der Waals surface area (Å²) < 4.78 is 27.1. The zero-order valence-corrected chi connectivity index (χ0v) is 11.8. The zero-order chi connectivity index (χ0) is 13.5. The molecule has 0 amide bonds. The first-order valence-corrected chi connectivity index (χ1v) is 7.63. The van der Waals surface area contributed by atoms with Crippen molar-refractivity contribution in [3.8, 4) is 0 Å². The van der Waals surface area contributed by atoms with Crippen molar-refractivity contribution in [3.05, 3.63) is 28.3 Å². The van der Waals surface area contributed by atoms with Gasteiger partial charge in [0.05, 0.1) is 11.5 Å². The molecule has 18 heavy (non-hydrogen) atoms. The van der Waals surface area contributed by atoms with E-state index in [4.69, 9.17) is 11.6 Å². The lowest BCUT2D eigenvalue weighted by Gasteiger charge is -2.12. The molecule has 1 aromatic carbocycles. The Morgan fingerprint density at radius 2 is 2.11 bits per heavy atom. The molecule has 1 aliphatic rings. The fourth-order valence-corrected chi connectivity index (χ4v) is 3.88. The number of benzene rings is 1. The highest BCUT2D eigenvalue weighted by Crippen LogP contribution is 2.32. The highest BCUT2D eigenvalue weighted by Gasteiger charge is 2.37. The summed E-state index contributed by atoms with van der Waals surface area (Å²) in [5, 5.41) is 9.51. The van der Waals surface area contributed by atoms with Crippen molar-refractivity contribution in [2.45, 2.75) is 37.8 Å². The second-order valence-electron chi connectivity index (χ2n) is 4.79. The number of aliphatic hydroxyl groups excluding tert-OH is 1. The van der Waals surface area contributed by atoms with E-state index in [1.165, 1.54) is 6.07 Å². The van der Waals surface area contributed by atoms with Crippen LogP contribution in [0.3, 0.4) is 0 Å². The highest BCUT2D eigenvalue weighted by molar-refractivity contribution is 7.89. The molecule has 0 saturated heterocycles. The Bertz CT molecular complexity index is 571. The Hall–Kier alpha value is -0.620. The molecule has 0 aliphatic heterocycles. The first kappa shape index (κ1) is 13.8. The summed E-state index contributed by atoms with van der Waals surface area (Å²) in [6.45, 7) is 3.44. The van der Waals surface area contributed by atoms with Crippen LogP contribution < -0.4 is 4.72 Å². The fourth-order valence-electron chi connectivity index (χ4n) is 1.90. The van der Waals surface area contributed by atoms with Crippen LogP contribution in [-0.4, -0.2) is 19.6 Å². The summed E-state index contributed by atoms with van der Waals surface area (Å²) >= 11 is 5.88. The van der Waals surface area contributed by atoms with E-state index in [0.29, 0.717) is 22.1 Å².